The van der Waals surface area contributed by atoms with Gasteiger partial charge < -0.3 is 19.8 Å². The summed E-state index contributed by atoms with van der Waals surface area (Å²) in [6.45, 7) is 0. The second-order valence-electron chi connectivity index (χ2n) is 3.84. The molecule has 3 aliphatic rings. The standard InChI is InChI=1S/C11H8O4S6/c12-6(13)4-5(7(14)15)19-10(18-4)11-20-8-9(21-11)17-3-1-2-16-8/h1-3H2,(H,12,13)(H,14,15)/p-2. The van der Waals surface area contributed by atoms with Crippen molar-refractivity contribution in [3.05, 3.63) is 26.8 Å². The van der Waals surface area contributed by atoms with Crippen molar-refractivity contribution in [3.63, 3.8) is 0 Å². The Kier molecular flexibility index (Phi) is 5.22. The number of carboxylic acid groups (broad SMARTS) is 2. The molecule has 0 radical (unpaired) electrons. The quantitative estimate of drug-likeness (QED) is 0.691. The van der Waals surface area contributed by atoms with E-state index in [1.807, 2.05) is 23.5 Å². The molecule has 0 fully saturated rings. The van der Waals surface area contributed by atoms with Crippen molar-refractivity contribution in [3.8, 4) is 0 Å². The minimum absolute atomic E-state index is 0.258. The Bertz CT molecular complexity index is 572. The number of carboxylic acids is 2. The summed E-state index contributed by atoms with van der Waals surface area (Å²) in [5.74, 6) is -0.772. The van der Waals surface area contributed by atoms with Gasteiger partial charge in [-0.15, -0.1) is 23.5 Å². The van der Waals surface area contributed by atoms with Gasteiger partial charge in [0.05, 0.1) is 38.7 Å². The lowest BCUT2D eigenvalue weighted by atomic mass is 10.5. The lowest BCUT2D eigenvalue weighted by Crippen LogP contribution is -2.28. The van der Waals surface area contributed by atoms with Crippen molar-refractivity contribution >= 4 is 82.5 Å². The molecule has 0 saturated heterocycles. The molecule has 0 N–H and O–H groups in total. The fourth-order valence-electron chi connectivity index (χ4n) is 1.57. The van der Waals surface area contributed by atoms with Gasteiger partial charge in [-0.25, -0.2) is 0 Å². The number of rotatable bonds is 2. The first-order chi connectivity index (χ1) is 10.1. The Morgan fingerprint density at radius 2 is 1.14 bits per heavy atom. The second-order valence-corrected chi connectivity index (χ2v) is 11.2. The van der Waals surface area contributed by atoms with Crippen LogP contribution in [-0.2, 0) is 9.59 Å². The van der Waals surface area contributed by atoms with Crippen LogP contribution in [0.2, 0.25) is 0 Å². The minimum atomic E-state index is -1.46. The molecule has 3 heterocycles. The van der Waals surface area contributed by atoms with Gasteiger partial charge in [0.15, 0.2) is 0 Å². The average molecular weight is 395 g/mol. The van der Waals surface area contributed by atoms with Gasteiger partial charge in [-0.2, -0.15) is 0 Å². The van der Waals surface area contributed by atoms with E-state index in [0.717, 1.165) is 39.3 Å². The molecule has 0 saturated carbocycles. The van der Waals surface area contributed by atoms with Crippen LogP contribution in [0.25, 0.3) is 0 Å². The van der Waals surface area contributed by atoms with E-state index >= 15 is 0 Å². The van der Waals surface area contributed by atoms with E-state index in [1.165, 1.54) is 14.9 Å². The van der Waals surface area contributed by atoms with Crippen molar-refractivity contribution in [1.82, 2.24) is 0 Å². The van der Waals surface area contributed by atoms with Crippen LogP contribution >= 0.6 is 70.6 Å². The van der Waals surface area contributed by atoms with Gasteiger partial charge in [0, 0.05) is 0 Å². The molecule has 0 amide bonds. The van der Waals surface area contributed by atoms with E-state index in [1.54, 1.807) is 23.5 Å². The summed E-state index contributed by atoms with van der Waals surface area (Å²) in [5, 5.41) is 22.0. The summed E-state index contributed by atoms with van der Waals surface area (Å²) in [6, 6.07) is 0. The van der Waals surface area contributed by atoms with Crippen LogP contribution in [0, 0.1) is 0 Å². The predicted molar refractivity (Wildman–Crippen MR) is 91.0 cm³/mol. The van der Waals surface area contributed by atoms with Crippen LogP contribution in [0.15, 0.2) is 26.8 Å². The smallest absolute Gasteiger partial charge is 0.0794 e. The normalized spacial score (nSPS) is 22.7. The zero-order valence-electron chi connectivity index (χ0n) is 10.2. The molecule has 0 atom stereocenters. The van der Waals surface area contributed by atoms with Crippen LogP contribution in [0.4, 0.5) is 0 Å². The molecule has 4 nitrogen and oxygen atoms in total. The topological polar surface area (TPSA) is 80.3 Å². The highest BCUT2D eigenvalue weighted by molar-refractivity contribution is 8.42. The molecule has 21 heavy (non-hydrogen) atoms. The molecular weight excluding hydrogens is 389 g/mol. The molecule has 10 heteroatoms. The summed E-state index contributed by atoms with van der Waals surface area (Å²) in [7, 11) is 0. The van der Waals surface area contributed by atoms with E-state index in [2.05, 4.69) is 0 Å². The Balaban J connectivity index is 1.82. The van der Waals surface area contributed by atoms with Crippen LogP contribution < -0.4 is 10.2 Å². The number of carbonyl (C=O) groups excluding carboxylic acids is 2. The molecule has 0 aromatic heterocycles. The number of hydrogen-bond donors (Lipinski definition) is 0. The molecule has 0 aromatic carbocycles. The molecule has 0 unspecified atom stereocenters. The monoisotopic (exact) mass is 394 g/mol. The third kappa shape index (κ3) is 3.45. The fourth-order valence-corrected chi connectivity index (χ4v) is 10.2. The molecule has 112 valence electrons. The van der Waals surface area contributed by atoms with E-state index in [0.29, 0.717) is 4.24 Å². The van der Waals surface area contributed by atoms with Gasteiger partial charge in [0.2, 0.25) is 0 Å². The molecule has 0 spiro atoms. The van der Waals surface area contributed by atoms with Crippen LogP contribution in [0.3, 0.4) is 0 Å². The van der Waals surface area contributed by atoms with Gasteiger partial charge in [-0.1, -0.05) is 47.0 Å². The number of thioether (sulfide) groups is 6. The molecule has 0 aromatic rings. The Hall–Kier alpha value is 0.260. The van der Waals surface area contributed by atoms with Crippen molar-refractivity contribution in [2.75, 3.05) is 11.5 Å². The highest BCUT2D eigenvalue weighted by atomic mass is 32.3. The van der Waals surface area contributed by atoms with Gasteiger partial charge in [0.25, 0.3) is 0 Å². The summed E-state index contributed by atoms with van der Waals surface area (Å²) < 4.78 is 4.12. The Morgan fingerprint density at radius 3 is 1.57 bits per heavy atom. The maximum atomic E-state index is 11.0. The zero-order valence-corrected chi connectivity index (χ0v) is 15.1. The maximum absolute atomic E-state index is 11.0. The molecular formula is C11H6O4S6-2. The van der Waals surface area contributed by atoms with Gasteiger partial charge in [-0.3, -0.25) is 0 Å². The van der Waals surface area contributed by atoms with Crippen LogP contribution in [0.5, 0.6) is 0 Å². The van der Waals surface area contributed by atoms with Gasteiger partial charge in [-0.05, 0) is 17.9 Å². The zero-order chi connectivity index (χ0) is 15.0. The highest BCUT2D eigenvalue weighted by Gasteiger charge is 2.31. The molecule has 3 aliphatic heterocycles. The first-order valence-electron chi connectivity index (χ1n) is 5.69. The largest absolute Gasteiger partial charge is 0.544 e. The van der Waals surface area contributed by atoms with Crippen molar-refractivity contribution < 1.29 is 19.8 Å². The highest BCUT2D eigenvalue weighted by Crippen LogP contribution is 2.64. The minimum Gasteiger partial charge on any atom is -0.544 e. The maximum Gasteiger partial charge on any atom is 0.0794 e. The summed E-state index contributed by atoms with van der Waals surface area (Å²) >= 11 is 8.73. The SMILES string of the molecule is O=C([O-])C1=C(C(=O)[O-])SC(=C2SC3=C(SCCCS3)S2)S1. The first-order valence-corrected chi connectivity index (χ1v) is 10.9. The van der Waals surface area contributed by atoms with Gasteiger partial charge in [0.1, 0.15) is 0 Å². The van der Waals surface area contributed by atoms with E-state index in [4.69, 9.17) is 0 Å². The number of aliphatic carboxylic acids is 2. The molecule has 0 aliphatic carbocycles. The summed E-state index contributed by atoms with van der Waals surface area (Å²) in [6.07, 6.45) is 1.17. The second kappa shape index (κ2) is 6.79. The predicted octanol–water partition coefficient (Wildman–Crippen LogP) is 1.78. The Labute approximate surface area is 146 Å². The Morgan fingerprint density at radius 1 is 0.714 bits per heavy atom. The molecule has 0 bridgehead atoms. The van der Waals surface area contributed by atoms with E-state index in [9.17, 15) is 19.8 Å². The van der Waals surface area contributed by atoms with E-state index < -0.39 is 11.9 Å². The molecule has 3 rings (SSSR count). The number of hydrogen-bond acceptors (Lipinski definition) is 10. The van der Waals surface area contributed by atoms with Gasteiger partial charge >= 0.3 is 0 Å². The third-order valence-electron chi connectivity index (χ3n) is 2.43. The summed E-state index contributed by atoms with van der Waals surface area (Å²) in [5.41, 5.74) is 0. The van der Waals surface area contributed by atoms with Crippen molar-refractivity contribution in [2.24, 2.45) is 0 Å². The summed E-state index contributed by atoms with van der Waals surface area (Å²) in [4.78, 5) is 21.5. The van der Waals surface area contributed by atoms with E-state index in [-0.39, 0.29) is 9.81 Å². The fraction of sp³-hybridized carbons (Fsp3) is 0.273. The van der Waals surface area contributed by atoms with Crippen molar-refractivity contribution in [1.29, 1.82) is 0 Å². The number of carbonyl (C=O) groups is 2. The third-order valence-corrected chi connectivity index (χ3v) is 11.2. The van der Waals surface area contributed by atoms with Crippen molar-refractivity contribution in [2.45, 2.75) is 6.42 Å². The first kappa shape index (κ1) is 16.1. The lowest BCUT2D eigenvalue weighted by Gasteiger charge is -2.05. The van der Waals surface area contributed by atoms with Crippen LogP contribution in [0.1, 0.15) is 6.42 Å². The lowest BCUT2D eigenvalue weighted by molar-refractivity contribution is -0.302. The average Bonchev–Trinajstić information content (AvgIpc) is 2.98. The van der Waals surface area contributed by atoms with Crippen LogP contribution in [-0.4, -0.2) is 23.4 Å².